The average molecular weight is 229 g/mol. The van der Waals surface area contributed by atoms with Crippen LogP contribution < -0.4 is 0 Å². The Hall–Kier alpha value is -1.31. The number of carbonyl (C=O) groups excluding carboxylic acids is 1. The zero-order valence-corrected chi connectivity index (χ0v) is 10.2. The predicted octanol–water partition coefficient (Wildman–Crippen LogP) is 2.41. The summed E-state index contributed by atoms with van der Waals surface area (Å²) in [5.41, 5.74) is 2.83. The number of carbonyl (C=O) groups is 1. The van der Waals surface area contributed by atoms with Gasteiger partial charge < -0.3 is 4.90 Å². The van der Waals surface area contributed by atoms with Crippen molar-refractivity contribution in [2.75, 3.05) is 13.1 Å². The van der Waals surface area contributed by atoms with Gasteiger partial charge in [-0.1, -0.05) is 24.3 Å². The van der Waals surface area contributed by atoms with Gasteiger partial charge in [-0.15, -0.1) is 0 Å². The third-order valence-corrected chi connectivity index (χ3v) is 4.11. The molecule has 1 atom stereocenters. The molecule has 90 valence electrons. The zero-order chi connectivity index (χ0) is 11.7. The van der Waals surface area contributed by atoms with Crippen molar-refractivity contribution in [2.45, 2.75) is 32.1 Å². The van der Waals surface area contributed by atoms with Crippen LogP contribution in [0.4, 0.5) is 0 Å². The fourth-order valence-corrected chi connectivity index (χ4v) is 3.10. The fourth-order valence-electron chi connectivity index (χ4n) is 3.10. The molecule has 3 rings (SSSR count). The van der Waals surface area contributed by atoms with Crippen LogP contribution >= 0.6 is 0 Å². The summed E-state index contributed by atoms with van der Waals surface area (Å²) in [6.07, 6.45) is 5.43. The van der Waals surface area contributed by atoms with Crippen molar-refractivity contribution in [2.24, 2.45) is 5.92 Å². The van der Waals surface area contributed by atoms with Gasteiger partial charge in [0.2, 0.25) is 5.91 Å². The van der Waals surface area contributed by atoms with E-state index >= 15 is 0 Å². The van der Waals surface area contributed by atoms with Crippen LogP contribution in [0.1, 0.15) is 30.4 Å². The largest absolute Gasteiger partial charge is 0.342 e. The molecule has 1 aromatic carbocycles. The van der Waals surface area contributed by atoms with Crippen molar-refractivity contribution in [1.82, 2.24) is 4.90 Å². The topological polar surface area (TPSA) is 20.3 Å². The smallest absolute Gasteiger partial charge is 0.226 e. The highest BCUT2D eigenvalue weighted by Gasteiger charge is 2.29. The number of hydrogen-bond donors (Lipinski definition) is 0. The van der Waals surface area contributed by atoms with E-state index < -0.39 is 0 Å². The van der Waals surface area contributed by atoms with E-state index in [0.717, 1.165) is 32.4 Å². The van der Waals surface area contributed by atoms with Gasteiger partial charge in [-0.05, 0) is 43.2 Å². The number of rotatable bonds is 1. The van der Waals surface area contributed by atoms with E-state index in [1.54, 1.807) is 0 Å². The number of hydrogen-bond acceptors (Lipinski definition) is 1. The minimum Gasteiger partial charge on any atom is -0.342 e. The summed E-state index contributed by atoms with van der Waals surface area (Å²) in [4.78, 5) is 14.4. The van der Waals surface area contributed by atoms with Gasteiger partial charge in [-0.25, -0.2) is 0 Å². The molecule has 17 heavy (non-hydrogen) atoms. The molecule has 1 aromatic rings. The van der Waals surface area contributed by atoms with Crippen molar-refractivity contribution < 1.29 is 4.79 Å². The number of benzene rings is 1. The summed E-state index contributed by atoms with van der Waals surface area (Å²) >= 11 is 0. The van der Waals surface area contributed by atoms with Gasteiger partial charge in [0.05, 0.1) is 0 Å². The molecular formula is C15H19NO. The third-order valence-electron chi connectivity index (χ3n) is 4.11. The molecule has 0 N–H and O–H groups in total. The number of likely N-dealkylation sites (tertiary alicyclic amines) is 1. The van der Waals surface area contributed by atoms with Crippen molar-refractivity contribution in [3.05, 3.63) is 35.4 Å². The van der Waals surface area contributed by atoms with Crippen LogP contribution in [0, 0.1) is 5.92 Å². The van der Waals surface area contributed by atoms with E-state index in [1.807, 2.05) is 0 Å². The molecule has 0 radical (unpaired) electrons. The first-order valence-electron chi connectivity index (χ1n) is 6.70. The van der Waals surface area contributed by atoms with Crippen LogP contribution in [0.3, 0.4) is 0 Å². The molecular weight excluding hydrogens is 210 g/mol. The quantitative estimate of drug-likeness (QED) is 0.724. The minimum absolute atomic E-state index is 0.239. The summed E-state index contributed by atoms with van der Waals surface area (Å²) in [7, 11) is 0. The van der Waals surface area contributed by atoms with Gasteiger partial charge in [0, 0.05) is 19.0 Å². The van der Waals surface area contributed by atoms with E-state index in [9.17, 15) is 4.79 Å². The highest BCUT2D eigenvalue weighted by molar-refractivity contribution is 5.79. The molecule has 2 heteroatoms. The lowest BCUT2D eigenvalue weighted by atomic mass is 9.83. The van der Waals surface area contributed by atoms with Crippen LogP contribution in [-0.2, 0) is 17.6 Å². The van der Waals surface area contributed by atoms with Crippen molar-refractivity contribution in [3.63, 3.8) is 0 Å². The first-order valence-corrected chi connectivity index (χ1v) is 6.70. The van der Waals surface area contributed by atoms with E-state index in [1.165, 1.54) is 24.0 Å². The van der Waals surface area contributed by atoms with Gasteiger partial charge >= 0.3 is 0 Å². The molecule has 0 spiro atoms. The molecule has 0 aromatic heterocycles. The lowest BCUT2D eigenvalue weighted by Gasteiger charge is -2.27. The molecule has 1 heterocycles. The van der Waals surface area contributed by atoms with Crippen LogP contribution in [0.15, 0.2) is 24.3 Å². The number of aryl methyl sites for hydroxylation is 1. The van der Waals surface area contributed by atoms with Gasteiger partial charge in [-0.2, -0.15) is 0 Å². The molecule has 1 aliphatic heterocycles. The maximum Gasteiger partial charge on any atom is 0.226 e. The molecule has 1 fully saturated rings. The van der Waals surface area contributed by atoms with Gasteiger partial charge in [0.15, 0.2) is 0 Å². The van der Waals surface area contributed by atoms with Crippen LogP contribution in [0.25, 0.3) is 0 Å². The van der Waals surface area contributed by atoms with Gasteiger partial charge in [0.1, 0.15) is 0 Å². The monoisotopic (exact) mass is 229 g/mol. The second kappa shape index (κ2) is 4.52. The predicted molar refractivity (Wildman–Crippen MR) is 67.8 cm³/mol. The second-order valence-electron chi connectivity index (χ2n) is 5.24. The first kappa shape index (κ1) is 10.8. The van der Waals surface area contributed by atoms with E-state index in [4.69, 9.17) is 0 Å². The Kier molecular flexibility index (Phi) is 2.87. The van der Waals surface area contributed by atoms with Crippen molar-refractivity contribution >= 4 is 5.91 Å². The average Bonchev–Trinajstić information content (AvgIpc) is 2.91. The summed E-state index contributed by atoms with van der Waals surface area (Å²) < 4.78 is 0. The second-order valence-corrected chi connectivity index (χ2v) is 5.24. The van der Waals surface area contributed by atoms with Crippen molar-refractivity contribution in [1.29, 1.82) is 0 Å². The lowest BCUT2D eigenvalue weighted by Crippen LogP contribution is -2.36. The van der Waals surface area contributed by atoms with Crippen LogP contribution in [0.2, 0.25) is 0 Å². The maximum atomic E-state index is 12.3. The highest BCUT2D eigenvalue weighted by atomic mass is 16.2. The number of nitrogens with zero attached hydrogens (tertiary/aromatic N) is 1. The summed E-state index contributed by atoms with van der Waals surface area (Å²) in [5.74, 6) is 0.639. The molecule has 1 unspecified atom stereocenters. The molecule has 1 amide bonds. The number of amides is 1. The SMILES string of the molecule is O=C(C1CCc2ccccc2C1)N1CCCC1. The van der Waals surface area contributed by atoms with Crippen molar-refractivity contribution in [3.8, 4) is 0 Å². The van der Waals surface area contributed by atoms with E-state index in [2.05, 4.69) is 29.2 Å². The molecule has 2 nitrogen and oxygen atoms in total. The Morgan fingerprint density at radius 1 is 1.12 bits per heavy atom. The van der Waals surface area contributed by atoms with Crippen LogP contribution in [0.5, 0.6) is 0 Å². The zero-order valence-electron chi connectivity index (χ0n) is 10.2. The lowest BCUT2D eigenvalue weighted by molar-refractivity contribution is -0.134. The summed E-state index contributed by atoms with van der Waals surface area (Å²) in [6, 6.07) is 8.56. The number of fused-ring (bicyclic) bond motifs is 1. The molecule has 1 saturated heterocycles. The summed E-state index contributed by atoms with van der Waals surface area (Å²) in [5, 5.41) is 0. The Morgan fingerprint density at radius 2 is 1.82 bits per heavy atom. The molecule has 0 saturated carbocycles. The van der Waals surface area contributed by atoms with E-state index in [0.29, 0.717) is 5.91 Å². The Labute approximate surface area is 103 Å². The minimum atomic E-state index is 0.239. The van der Waals surface area contributed by atoms with Crippen LogP contribution in [-0.4, -0.2) is 23.9 Å². The fraction of sp³-hybridized carbons (Fsp3) is 0.533. The molecule has 0 bridgehead atoms. The standard InChI is InChI=1S/C15H19NO/c17-15(16-9-3-4-10-16)14-8-7-12-5-1-2-6-13(12)11-14/h1-2,5-6,14H,3-4,7-11H2. The maximum absolute atomic E-state index is 12.3. The molecule has 2 aliphatic rings. The highest BCUT2D eigenvalue weighted by Crippen LogP contribution is 2.27. The Morgan fingerprint density at radius 3 is 2.59 bits per heavy atom. The first-order chi connectivity index (χ1) is 8.34. The Balaban J connectivity index is 1.73. The van der Waals surface area contributed by atoms with E-state index in [-0.39, 0.29) is 5.92 Å². The normalized spacial score (nSPS) is 23.5. The molecule has 1 aliphatic carbocycles. The summed E-state index contributed by atoms with van der Waals surface area (Å²) in [6.45, 7) is 1.97. The Bertz CT molecular complexity index is 421. The van der Waals surface area contributed by atoms with Gasteiger partial charge in [-0.3, -0.25) is 4.79 Å². The van der Waals surface area contributed by atoms with Gasteiger partial charge in [0.25, 0.3) is 0 Å². The third kappa shape index (κ3) is 2.08.